The third-order valence-corrected chi connectivity index (χ3v) is 3.81. The van der Waals surface area contributed by atoms with Gasteiger partial charge in [-0.3, -0.25) is 0 Å². The van der Waals surface area contributed by atoms with E-state index >= 15 is 0 Å². The monoisotopic (exact) mass is 284 g/mol. The average molecular weight is 284 g/mol. The first kappa shape index (κ1) is 14.7. The topological polar surface area (TPSA) is 9.23 Å². The van der Waals surface area contributed by atoms with Gasteiger partial charge >= 0.3 is 0 Å². The van der Waals surface area contributed by atoms with Gasteiger partial charge in [0.1, 0.15) is 0 Å². The molecule has 0 fully saturated rings. The molecule has 0 aliphatic rings. The first-order valence-electron chi connectivity index (χ1n) is 6.81. The summed E-state index contributed by atoms with van der Waals surface area (Å²) in [6, 6.07) is 18.9. The van der Waals surface area contributed by atoms with Crippen LogP contribution >= 0.6 is 11.8 Å². The summed E-state index contributed by atoms with van der Waals surface area (Å²) >= 11 is 1.73. The van der Waals surface area contributed by atoms with Crippen molar-refractivity contribution in [2.75, 3.05) is 0 Å². The van der Waals surface area contributed by atoms with Gasteiger partial charge in [-0.05, 0) is 38.5 Å². The fraction of sp³-hybridized carbons (Fsp3) is 0.222. The molecular formula is C18H20OS. The van der Waals surface area contributed by atoms with E-state index in [9.17, 15) is 0 Å². The van der Waals surface area contributed by atoms with E-state index in [1.165, 1.54) is 16.0 Å². The van der Waals surface area contributed by atoms with E-state index in [1.807, 2.05) is 38.3 Å². The van der Waals surface area contributed by atoms with E-state index in [-0.39, 0.29) is 6.10 Å². The number of ether oxygens (including phenoxy) is 1. The van der Waals surface area contributed by atoms with Crippen LogP contribution in [0.15, 0.2) is 65.8 Å². The number of hydrogen-bond donors (Lipinski definition) is 0. The van der Waals surface area contributed by atoms with Gasteiger partial charge in [0.2, 0.25) is 0 Å². The Morgan fingerprint density at radius 2 is 1.65 bits per heavy atom. The summed E-state index contributed by atoms with van der Waals surface area (Å²) in [5.74, 6) is 0. The molecule has 0 unspecified atom stereocenters. The molecule has 104 valence electrons. The molecule has 0 N–H and O–H groups in total. The molecule has 2 heteroatoms. The Kier molecular flexibility index (Phi) is 5.31. The predicted molar refractivity (Wildman–Crippen MR) is 87.7 cm³/mol. The summed E-state index contributed by atoms with van der Waals surface area (Å²) < 4.78 is 5.67. The van der Waals surface area contributed by atoms with Crippen LogP contribution < -0.4 is 0 Å². The summed E-state index contributed by atoms with van der Waals surface area (Å²) in [5.41, 5.74) is 2.46. The van der Waals surface area contributed by atoms with Crippen molar-refractivity contribution >= 4 is 16.7 Å². The lowest BCUT2D eigenvalue weighted by molar-refractivity contribution is 0.181. The summed E-state index contributed by atoms with van der Waals surface area (Å²) in [7, 11) is 0. The first-order valence-corrected chi connectivity index (χ1v) is 7.62. The summed E-state index contributed by atoms with van der Waals surface area (Å²) in [5, 5.41) is 0. The summed E-state index contributed by atoms with van der Waals surface area (Å²) in [4.78, 5) is 2.35. The molecule has 0 radical (unpaired) electrons. The highest BCUT2D eigenvalue weighted by Gasteiger charge is 2.05. The van der Waals surface area contributed by atoms with E-state index in [1.54, 1.807) is 11.8 Å². The minimum absolute atomic E-state index is 0.187. The third-order valence-electron chi connectivity index (χ3n) is 2.75. The number of thioether (sulfide) groups is 1. The first-order chi connectivity index (χ1) is 9.65. The van der Waals surface area contributed by atoms with E-state index in [0.29, 0.717) is 0 Å². The van der Waals surface area contributed by atoms with Crippen molar-refractivity contribution in [2.24, 2.45) is 0 Å². The van der Waals surface area contributed by atoms with Crippen LogP contribution in [-0.2, 0) is 4.74 Å². The summed E-state index contributed by atoms with van der Waals surface area (Å²) in [6.07, 6.45) is 2.05. The van der Waals surface area contributed by atoms with Crippen LogP contribution in [0.2, 0.25) is 0 Å². The highest BCUT2D eigenvalue weighted by atomic mass is 32.2. The molecule has 0 saturated heterocycles. The molecule has 0 atom stereocenters. The fourth-order valence-electron chi connectivity index (χ4n) is 1.68. The zero-order valence-corrected chi connectivity index (χ0v) is 13.0. The maximum Gasteiger partial charge on any atom is 0.0978 e. The molecule has 0 amide bonds. The number of aryl methyl sites for hydroxylation is 1. The lowest BCUT2D eigenvalue weighted by Gasteiger charge is -2.10. The van der Waals surface area contributed by atoms with Gasteiger partial charge in [-0.25, -0.2) is 0 Å². The largest absolute Gasteiger partial charge is 0.497 e. The molecule has 0 aliphatic heterocycles. The quantitative estimate of drug-likeness (QED) is 0.529. The van der Waals surface area contributed by atoms with E-state index in [0.717, 1.165) is 4.91 Å². The van der Waals surface area contributed by atoms with Crippen molar-refractivity contribution in [1.82, 2.24) is 0 Å². The normalized spacial score (nSPS) is 11.7. The van der Waals surface area contributed by atoms with Crippen LogP contribution in [0, 0.1) is 6.92 Å². The van der Waals surface area contributed by atoms with Crippen LogP contribution in [0.1, 0.15) is 25.0 Å². The Hall–Kier alpha value is -1.67. The average Bonchev–Trinajstić information content (AvgIpc) is 2.46. The number of benzene rings is 2. The zero-order valence-electron chi connectivity index (χ0n) is 12.2. The maximum absolute atomic E-state index is 5.67. The van der Waals surface area contributed by atoms with Gasteiger partial charge in [0, 0.05) is 4.90 Å². The second kappa shape index (κ2) is 7.20. The molecule has 0 heterocycles. The highest BCUT2D eigenvalue weighted by Crippen LogP contribution is 2.34. The molecule has 20 heavy (non-hydrogen) atoms. The Labute approximate surface area is 125 Å². The molecule has 2 rings (SSSR count). The molecule has 2 aromatic rings. The van der Waals surface area contributed by atoms with Gasteiger partial charge in [-0.1, -0.05) is 59.8 Å². The van der Waals surface area contributed by atoms with Crippen molar-refractivity contribution in [3.63, 3.8) is 0 Å². The zero-order chi connectivity index (χ0) is 14.4. The van der Waals surface area contributed by atoms with E-state index < -0.39 is 0 Å². The molecule has 0 bridgehead atoms. The number of rotatable bonds is 5. The van der Waals surface area contributed by atoms with Crippen LogP contribution in [0.25, 0.3) is 4.91 Å². The Morgan fingerprint density at radius 1 is 1.00 bits per heavy atom. The molecule has 0 aliphatic carbocycles. The van der Waals surface area contributed by atoms with Crippen molar-refractivity contribution in [1.29, 1.82) is 0 Å². The molecule has 2 aromatic carbocycles. The predicted octanol–water partition coefficient (Wildman–Crippen LogP) is 5.51. The highest BCUT2D eigenvalue weighted by molar-refractivity contribution is 8.08. The van der Waals surface area contributed by atoms with Crippen LogP contribution in [0.3, 0.4) is 0 Å². The lowest BCUT2D eigenvalue weighted by atomic mass is 10.2. The molecule has 0 spiro atoms. The van der Waals surface area contributed by atoms with Gasteiger partial charge in [0.15, 0.2) is 0 Å². The molecule has 0 saturated carbocycles. The Bertz CT molecular complexity index is 556. The van der Waals surface area contributed by atoms with Crippen molar-refractivity contribution in [2.45, 2.75) is 31.8 Å². The molecule has 0 aromatic heterocycles. The summed E-state index contributed by atoms with van der Waals surface area (Å²) in [6.45, 7) is 6.18. The van der Waals surface area contributed by atoms with E-state index in [2.05, 4.69) is 43.3 Å². The van der Waals surface area contributed by atoms with Gasteiger partial charge in [-0.15, -0.1) is 0 Å². The van der Waals surface area contributed by atoms with Crippen LogP contribution in [0.4, 0.5) is 0 Å². The standard InChI is InChI=1S/C18H20OS/c1-14(2)19-13-18(16-7-5-4-6-8-16)20-17-11-9-15(3)10-12-17/h4-14H,1-3H3/b18-13-. The second-order valence-electron chi connectivity index (χ2n) is 4.95. The van der Waals surface area contributed by atoms with Gasteiger partial charge < -0.3 is 4.74 Å². The van der Waals surface area contributed by atoms with Crippen LogP contribution in [0.5, 0.6) is 0 Å². The fourth-order valence-corrected chi connectivity index (χ4v) is 2.57. The Balaban J connectivity index is 2.23. The maximum atomic E-state index is 5.67. The second-order valence-corrected chi connectivity index (χ2v) is 6.06. The smallest absolute Gasteiger partial charge is 0.0978 e. The van der Waals surface area contributed by atoms with Gasteiger partial charge in [-0.2, -0.15) is 0 Å². The van der Waals surface area contributed by atoms with Crippen molar-refractivity contribution < 1.29 is 4.74 Å². The SMILES string of the molecule is Cc1ccc(S/C(=C\OC(C)C)c2ccccc2)cc1. The van der Waals surface area contributed by atoms with Crippen molar-refractivity contribution in [3.8, 4) is 0 Å². The van der Waals surface area contributed by atoms with Gasteiger partial charge in [0.05, 0.1) is 17.3 Å². The molecule has 1 nitrogen and oxygen atoms in total. The number of hydrogen-bond acceptors (Lipinski definition) is 2. The Morgan fingerprint density at radius 3 is 2.25 bits per heavy atom. The minimum atomic E-state index is 0.187. The minimum Gasteiger partial charge on any atom is -0.497 e. The lowest BCUT2D eigenvalue weighted by Crippen LogP contribution is -1.96. The third kappa shape index (κ3) is 4.46. The molecular weight excluding hydrogens is 264 g/mol. The van der Waals surface area contributed by atoms with E-state index in [4.69, 9.17) is 4.74 Å². The van der Waals surface area contributed by atoms with Crippen molar-refractivity contribution in [3.05, 3.63) is 72.0 Å². The van der Waals surface area contributed by atoms with Gasteiger partial charge in [0.25, 0.3) is 0 Å². The van der Waals surface area contributed by atoms with Crippen LogP contribution in [-0.4, -0.2) is 6.10 Å².